The summed E-state index contributed by atoms with van der Waals surface area (Å²) < 4.78 is 12.0. The van der Waals surface area contributed by atoms with Gasteiger partial charge in [0.15, 0.2) is 5.76 Å². The number of carbonyl (C=O) groups excluding carboxylic acids is 1. The number of allylic oxidation sites excluding steroid dienone is 1. The lowest BCUT2D eigenvalue weighted by molar-refractivity contribution is -0.177. The first-order chi connectivity index (χ1) is 13.2. The van der Waals surface area contributed by atoms with E-state index in [2.05, 4.69) is 11.4 Å². The van der Waals surface area contributed by atoms with Gasteiger partial charge >= 0.3 is 0 Å². The van der Waals surface area contributed by atoms with Gasteiger partial charge in [-0.3, -0.25) is 4.79 Å². The summed E-state index contributed by atoms with van der Waals surface area (Å²) in [5, 5.41) is 12.5. The highest BCUT2D eigenvalue weighted by atomic mass is 16.7. The molecule has 0 spiro atoms. The smallest absolute Gasteiger partial charge is 0.286 e. The van der Waals surface area contributed by atoms with Crippen LogP contribution in [0, 0.1) is 17.8 Å². The van der Waals surface area contributed by atoms with Gasteiger partial charge in [0.25, 0.3) is 5.91 Å². The van der Waals surface area contributed by atoms with Crippen LogP contribution in [0.25, 0.3) is 0 Å². The predicted octanol–water partition coefficient (Wildman–Crippen LogP) is 3.91. The third-order valence-electron chi connectivity index (χ3n) is 6.57. The zero-order valence-corrected chi connectivity index (χ0v) is 16.8. The standard InChI is InChI=1S/C22H37NO4/c1-2-26-22-18(13-8-14-24)19(16-9-4-3-5-10-16)15-20(27-22)21(25)23-17-11-6-7-12-17/h15-19,22,24H,2-14H2,1H3,(H,23,25)/t18-,19-,22-/m0/s1. The molecule has 2 N–H and O–H groups in total. The lowest BCUT2D eigenvalue weighted by atomic mass is 9.71. The minimum Gasteiger partial charge on any atom is -0.459 e. The molecule has 3 aliphatic rings. The molecule has 5 heteroatoms. The summed E-state index contributed by atoms with van der Waals surface area (Å²) in [6, 6.07) is 0.285. The van der Waals surface area contributed by atoms with Crippen molar-refractivity contribution in [1.29, 1.82) is 0 Å². The van der Waals surface area contributed by atoms with Gasteiger partial charge in [0.1, 0.15) is 0 Å². The molecular weight excluding hydrogens is 342 g/mol. The normalized spacial score (nSPS) is 30.0. The molecule has 0 aromatic heterocycles. The van der Waals surface area contributed by atoms with E-state index in [0.717, 1.165) is 25.7 Å². The van der Waals surface area contributed by atoms with Crippen molar-refractivity contribution in [2.75, 3.05) is 13.2 Å². The quantitative estimate of drug-likeness (QED) is 0.671. The maximum absolute atomic E-state index is 12.9. The molecular formula is C22H37NO4. The van der Waals surface area contributed by atoms with E-state index in [1.165, 1.54) is 44.9 Å². The topological polar surface area (TPSA) is 67.8 Å². The van der Waals surface area contributed by atoms with Crippen LogP contribution in [0.1, 0.15) is 77.6 Å². The van der Waals surface area contributed by atoms with E-state index < -0.39 is 0 Å². The van der Waals surface area contributed by atoms with Crippen molar-refractivity contribution in [2.45, 2.75) is 89.9 Å². The molecule has 0 saturated heterocycles. The molecule has 0 bridgehead atoms. The maximum Gasteiger partial charge on any atom is 0.286 e. The highest BCUT2D eigenvalue weighted by Gasteiger charge is 2.41. The molecule has 0 aromatic carbocycles. The molecule has 1 heterocycles. The number of aliphatic hydroxyl groups is 1. The Bertz CT molecular complexity index is 495. The van der Waals surface area contributed by atoms with Crippen LogP contribution < -0.4 is 5.32 Å². The number of carbonyl (C=O) groups is 1. The molecule has 2 saturated carbocycles. The fourth-order valence-corrected chi connectivity index (χ4v) is 5.17. The van der Waals surface area contributed by atoms with Gasteiger partial charge in [-0.05, 0) is 63.4 Å². The Labute approximate surface area is 163 Å². The Morgan fingerprint density at radius 2 is 1.89 bits per heavy atom. The van der Waals surface area contributed by atoms with Crippen LogP contribution in [0.2, 0.25) is 0 Å². The summed E-state index contributed by atoms with van der Waals surface area (Å²) in [6.07, 6.45) is 14.1. The highest BCUT2D eigenvalue weighted by Crippen LogP contribution is 2.42. The lowest BCUT2D eigenvalue weighted by Gasteiger charge is -2.41. The van der Waals surface area contributed by atoms with Crippen molar-refractivity contribution in [3.05, 3.63) is 11.8 Å². The first kappa shape index (κ1) is 20.7. The summed E-state index contributed by atoms with van der Waals surface area (Å²) in [4.78, 5) is 12.9. The van der Waals surface area contributed by atoms with Crippen LogP contribution in [-0.2, 0) is 14.3 Å². The van der Waals surface area contributed by atoms with Crippen molar-refractivity contribution in [2.24, 2.45) is 17.8 Å². The van der Waals surface area contributed by atoms with Crippen molar-refractivity contribution < 1.29 is 19.4 Å². The molecule has 0 unspecified atom stereocenters. The van der Waals surface area contributed by atoms with Gasteiger partial charge in [-0.1, -0.05) is 32.1 Å². The Balaban J connectivity index is 1.78. The zero-order chi connectivity index (χ0) is 19.1. The zero-order valence-electron chi connectivity index (χ0n) is 16.8. The van der Waals surface area contributed by atoms with Gasteiger partial charge in [0.2, 0.25) is 6.29 Å². The molecule has 3 atom stereocenters. The Morgan fingerprint density at radius 3 is 2.56 bits per heavy atom. The average Bonchev–Trinajstić information content (AvgIpc) is 3.20. The van der Waals surface area contributed by atoms with Crippen molar-refractivity contribution in [3.63, 3.8) is 0 Å². The summed E-state index contributed by atoms with van der Waals surface area (Å²) in [7, 11) is 0. The van der Waals surface area contributed by atoms with E-state index in [0.29, 0.717) is 24.2 Å². The van der Waals surface area contributed by atoms with Crippen LogP contribution in [0.3, 0.4) is 0 Å². The van der Waals surface area contributed by atoms with Crippen molar-refractivity contribution in [3.8, 4) is 0 Å². The molecule has 27 heavy (non-hydrogen) atoms. The fourth-order valence-electron chi connectivity index (χ4n) is 5.17. The molecule has 5 nitrogen and oxygen atoms in total. The number of hydrogen-bond donors (Lipinski definition) is 2. The maximum atomic E-state index is 12.9. The monoisotopic (exact) mass is 379 g/mol. The minimum atomic E-state index is -0.386. The van der Waals surface area contributed by atoms with Crippen molar-refractivity contribution in [1.82, 2.24) is 5.32 Å². The molecule has 1 aliphatic heterocycles. The van der Waals surface area contributed by atoms with Crippen LogP contribution in [-0.4, -0.2) is 36.6 Å². The van der Waals surface area contributed by atoms with Crippen LogP contribution in [0.5, 0.6) is 0 Å². The van der Waals surface area contributed by atoms with Gasteiger partial charge in [-0.2, -0.15) is 0 Å². The van der Waals surface area contributed by atoms with Crippen LogP contribution >= 0.6 is 0 Å². The lowest BCUT2D eigenvalue weighted by Crippen LogP contribution is -2.43. The van der Waals surface area contributed by atoms with E-state index in [4.69, 9.17) is 9.47 Å². The second-order valence-corrected chi connectivity index (χ2v) is 8.43. The van der Waals surface area contributed by atoms with E-state index in [1.807, 2.05) is 6.92 Å². The van der Waals surface area contributed by atoms with Gasteiger partial charge in [-0.15, -0.1) is 0 Å². The predicted molar refractivity (Wildman–Crippen MR) is 105 cm³/mol. The fraction of sp³-hybridized carbons (Fsp3) is 0.864. The summed E-state index contributed by atoms with van der Waals surface area (Å²) in [5.41, 5.74) is 0. The van der Waals surface area contributed by atoms with E-state index in [9.17, 15) is 9.90 Å². The number of rotatable bonds is 8. The van der Waals surface area contributed by atoms with Crippen molar-refractivity contribution >= 4 is 5.91 Å². The molecule has 3 rings (SSSR count). The number of amides is 1. The van der Waals surface area contributed by atoms with Gasteiger partial charge in [0, 0.05) is 25.2 Å². The first-order valence-corrected chi connectivity index (χ1v) is 11.1. The summed E-state index contributed by atoms with van der Waals surface area (Å²) >= 11 is 0. The van der Waals surface area contributed by atoms with Gasteiger partial charge < -0.3 is 19.9 Å². The van der Waals surface area contributed by atoms with Gasteiger partial charge in [-0.25, -0.2) is 0 Å². The Hall–Kier alpha value is -1.07. The van der Waals surface area contributed by atoms with Gasteiger partial charge in [0.05, 0.1) is 0 Å². The third kappa shape index (κ3) is 5.47. The highest BCUT2D eigenvalue weighted by molar-refractivity contribution is 5.91. The summed E-state index contributed by atoms with van der Waals surface area (Å²) in [6.45, 7) is 2.72. The summed E-state index contributed by atoms with van der Waals surface area (Å²) in [5.74, 6) is 1.47. The SMILES string of the molecule is CCO[C@H]1OC(C(=O)NC2CCCC2)=C[C@@H](C2CCCCC2)[C@@H]1CCCO. The number of ether oxygens (including phenoxy) is 2. The Kier molecular flexibility index (Phi) is 8.01. The molecule has 154 valence electrons. The third-order valence-corrected chi connectivity index (χ3v) is 6.57. The number of hydrogen-bond acceptors (Lipinski definition) is 4. The Morgan fingerprint density at radius 1 is 1.19 bits per heavy atom. The minimum absolute atomic E-state index is 0.0759. The second-order valence-electron chi connectivity index (χ2n) is 8.43. The number of nitrogens with one attached hydrogen (secondary N) is 1. The van der Waals surface area contributed by atoms with E-state index in [-0.39, 0.29) is 30.8 Å². The first-order valence-electron chi connectivity index (χ1n) is 11.1. The number of aliphatic hydroxyl groups excluding tert-OH is 1. The average molecular weight is 380 g/mol. The van der Waals surface area contributed by atoms with E-state index in [1.54, 1.807) is 0 Å². The molecule has 0 aromatic rings. The van der Waals surface area contributed by atoms with Crippen LogP contribution in [0.15, 0.2) is 11.8 Å². The molecule has 1 amide bonds. The molecule has 2 aliphatic carbocycles. The second kappa shape index (κ2) is 10.5. The van der Waals surface area contributed by atoms with E-state index >= 15 is 0 Å². The van der Waals surface area contributed by atoms with Crippen LogP contribution in [0.4, 0.5) is 0 Å². The molecule has 0 radical (unpaired) electrons. The molecule has 2 fully saturated rings. The largest absolute Gasteiger partial charge is 0.459 e.